The number of amides is 1. The molecule has 4 rings (SSSR count). The third kappa shape index (κ3) is 4.32. The molecule has 0 fully saturated rings. The lowest BCUT2D eigenvalue weighted by atomic mass is 9.97. The van der Waals surface area contributed by atoms with Crippen LogP contribution in [0.3, 0.4) is 0 Å². The van der Waals surface area contributed by atoms with Crippen LogP contribution in [0.4, 0.5) is 0 Å². The first-order chi connectivity index (χ1) is 14.5. The Morgan fingerprint density at radius 2 is 2.00 bits per heavy atom. The van der Waals surface area contributed by atoms with Crippen LogP contribution < -0.4 is 10.9 Å². The lowest BCUT2D eigenvalue weighted by Gasteiger charge is -2.25. The number of fused-ring (bicyclic) bond motifs is 3. The third-order valence-electron chi connectivity index (χ3n) is 5.82. The van der Waals surface area contributed by atoms with Gasteiger partial charge in [0.2, 0.25) is 5.91 Å². The maximum atomic E-state index is 13.0. The zero-order valence-electron chi connectivity index (χ0n) is 17.6. The number of nitrogens with zero attached hydrogens (tertiary/aromatic N) is 3. The molecular weight excluding hydrogens is 396 g/mol. The smallest absolute Gasteiger partial charge is 0.262 e. The second-order valence-electron chi connectivity index (χ2n) is 8.08. The van der Waals surface area contributed by atoms with E-state index in [1.54, 1.807) is 22.2 Å². The Balaban J connectivity index is 1.41. The van der Waals surface area contributed by atoms with Gasteiger partial charge in [-0.25, -0.2) is 4.98 Å². The topological polar surface area (TPSA) is 67.2 Å². The fraction of sp³-hybridized carbons (Fsp3) is 0.435. The zero-order valence-corrected chi connectivity index (χ0v) is 18.4. The lowest BCUT2D eigenvalue weighted by Crippen LogP contribution is -2.35. The SMILES string of the molecule is CN(C)[C@@H](CNC(=O)CCn1cnc2sc3c(c2c1=O)CCCC3)c1ccccc1. The molecule has 0 unspecified atom stereocenters. The van der Waals surface area contributed by atoms with Crippen LogP contribution >= 0.6 is 11.3 Å². The van der Waals surface area contributed by atoms with Gasteiger partial charge in [0.15, 0.2) is 0 Å². The second kappa shape index (κ2) is 9.10. The van der Waals surface area contributed by atoms with Gasteiger partial charge in [-0.05, 0) is 50.9 Å². The molecular formula is C23H28N4O2S. The average molecular weight is 425 g/mol. The summed E-state index contributed by atoms with van der Waals surface area (Å²) in [5.74, 6) is -0.0582. The van der Waals surface area contributed by atoms with Crippen LogP contribution in [-0.2, 0) is 24.2 Å². The molecule has 7 heteroatoms. The molecule has 1 N–H and O–H groups in total. The quantitative estimate of drug-likeness (QED) is 0.633. The first-order valence-corrected chi connectivity index (χ1v) is 11.3. The number of carbonyl (C=O) groups excluding carboxylic acids is 1. The number of rotatable bonds is 7. The Morgan fingerprint density at radius 1 is 1.23 bits per heavy atom. The molecule has 0 saturated carbocycles. The van der Waals surface area contributed by atoms with Crippen LogP contribution in [0.25, 0.3) is 10.2 Å². The van der Waals surface area contributed by atoms with Gasteiger partial charge in [0.1, 0.15) is 4.83 Å². The summed E-state index contributed by atoms with van der Waals surface area (Å²) in [6.45, 7) is 0.871. The Hall–Kier alpha value is -2.51. The van der Waals surface area contributed by atoms with E-state index in [0.29, 0.717) is 13.1 Å². The van der Waals surface area contributed by atoms with Gasteiger partial charge in [-0.15, -0.1) is 11.3 Å². The van der Waals surface area contributed by atoms with Crippen molar-refractivity contribution in [2.24, 2.45) is 0 Å². The summed E-state index contributed by atoms with van der Waals surface area (Å²) in [7, 11) is 4.01. The van der Waals surface area contributed by atoms with Crippen molar-refractivity contribution in [3.05, 3.63) is 63.0 Å². The van der Waals surface area contributed by atoms with Crippen molar-refractivity contribution in [1.29, 1.82) is 0 Å². The van der Waals surface area contributed by atoms with Gasteiger partial charge in [0.05, 0.1) is 17.8 Å². The van der Waals surface area contributed by atoms with E-state index >= 15 is 0 Å². The predicted molar refractivity (Wildman–Crippen MR) is 121 cm³/mol. The predicted octanol–water partition coefficient (Wildman–Crippen LogP) is 3.15. The fourth-order valence-corrected chi connectivity index (χ4v) is 5.35. The lowest BCUT2D eigenvalue weighted by molar-refractivity contribution is -0.121. The van der Waals surface area contributed by atoms with Crippen molar-refractivity contribution in [1.82, 2.24) is 19.8 Å². The Kier molecular flexibility index (Phi) is 6.29. The van der Waals surface area contributed by atoms with E-state index in [4.69, 9.17) is 0 Å². The highest BCUT2D eigenvalue weighted by Crippen LogP contribution is 2.33. The molecule has 0 spiro atoms. The number of carbonyl (C=O) groups is 1. The van der Waals surface area contributed by atoms with Gasteiger partial charge in [0.25, 0.3) is 5.56 Å². The summed E-state index contributed by atoms with van der Waals surface area (Å²) in [4.78, 5) is 34.2. The van der Waals surface area contributed by atoms with Crippen molar-refractivity contribution in [3.8, 4) is 0 Å². The van der Waals surface area contributed by atoms with Crippen LogP contribution in [0.1, 0.15) is 41.3 Å². The van der Waals surface area contributed by atoms with Crippen LogP contribution in [0.2, 0.25) is 0 Å². The number of benzene rings is 1. The molecule has 158 valence electrons. The molecule has 1 aromatic carbocycles. The van der Waals surface area contributed by atoms with Crippen LogP contribution in [0, 0.1) is 0 Å². The first kappa shape index (κ1) is 20.8. The molecule has 6 nitrogen and oxygen atoms in total. The number of nitrogens with one attached hydrogen (secondary N) is 1. The van der Waals surface area contributed by atoms with Gasteiger partial charge in [-0.1, -0.05) is 30.3 Å². The van der Waals surface area contributed by atoms with Gasteiger partial charge in [-0.3, -0.25) is 14.2 Å². The molecule has 0 bridgehead atoms. The molecule has 30 heavy (non-hydrogen) atoms. The van der Waals surface area contributed by atoms with Crippen molar-refractivity contribution < 1.29 is 4.79 Å². The van der Waals surface area contributed by atoms with Crippen molar-refractivity contribution in [2.75, 3.05) is 20.6 Å². The van der Waals surface area contributed by atoms with E-state index in [0.717, 1.165) is 35.0 Å². The summed E-state index contributed by atoms with van der Waals surface area (Å²) >= 11 is 1.65. The largest absolute Gasteiger partial charge is 0.354 e. The summed E-state index contributed by atoms with van der Waals surface area (Å²) in [6.07, 6.45) is 6.17. The molecule has 2 heterocycles. The molecule has 0 saturated heterocycles. The highest BCUT2D eigenvalue weighted by atomic mass is 32.1. The number of hydrogen-bond donors (Lipinski definition) is 1. The van der Waals surface area contributed by atoms with Crippen LogP contribution in [-0.4, -0.2) is 41.0 Å². The van der Waals surface area contributed by atoms with E-state index in [1.165, 1.54) is 16.9 Å². The molecule has 0 radical (unpaired) electrons. The molecule has 2 aromatic heterocycles. The normalized spacial score (nSPS) is 14.6. The minimum atomic E-state index is -0.0582. The number of aromatic nitrogens is 2. The van der Waals surface area contributed by atoms with E-state index < -0.39 is 0 Å². The molecule has 1 amide bonds. The second-order valence-corrected chi connectivity index (χ2v) is 9.16. The standard InChI is InChI=1S/C23H28N4O2S/c1-26(2)18(16-8-4-3-5-9-16)14-24-20(28)12-13-27-15-25-22-21(23(27)29)17-10-6-7-11-19(17)30-22/h3-5,8-9,15,18H,6-7,10-14H2,1-2H3,(H,24,28)/t18-/m0/s1. The zero-order chi connectivity index (χ0) is 21.1. The highest BCUT2D eigenvalue weighted by Gasteiger charge is 2.20. The first-order valence-electron chi connectivity index (χ1n) is 10.5. The van der Waals surface area contributed by atoms with Gasteiger partial charge in [0, 0.05) is 24.4 Å². The van der Waals surface area contributed by atoms with Crippen LogP contribution in [0.15, 0.2) is 41.5 Å². The summed E-state index contributed by atoms with van der Waals surface area (Å²) in [5.41, 5.74) is 2.34. The molecule has 1 aliphatic rings. The van der Waals surface area contributed by atoms with Gasteiger partial charge in [-0.2, -0.15) is 0 Å². The fourth-order valence-electron chi connectivity index (χ4n) is 4.14. The minimum absolute atomic E-state index is 0.0114. The maximum absolute atomic E-state index is 13.0. The summed E-state index contributed by atoms with van der Waals surface area (Å²) < 4.78 is 1.59. The third-order valence-corrected chi connectivity index (χ3v) is 7.02. The van der Waals surface area contributed by atoms with Gasteiger partial charge < -0.3 is 10.2 Å². The Labute approximate surface area is 180 Å². The number of likely N-dealkylation sites (N-methyl/N-ethyl adjacent to an activating group) is 1. The Morgan fingerprint density at radius 3 is 2.77 bits per heavy atom. The highest BCUT2D eigenvalue weighted by molar-refractivity contribution is 7.18. The van der Waals surface area contributed by atoms with Crippen molar-refractivity contribution in [3.63, 3.8) is 0 Å². The number of aryl methyl sites for hydroxylation is 3. The number of thiophene rings is 1. The van der Waals surface area contributed by atoms with Crippen LogP contribution in [0.5, 0.6) is 0 Å². The van der Waals surface area contributed by atoms with E-state index in [-0.39, 0.29) is 23.9 Å². The van der Waals surface area contributed by atoms with E-state index in [1.807, 2.05) is 32.3 Å². The Bertz CT molecular complexity index is 1090. The molecule has 1 atom stereocenters. The number of hydrogen-bond acceptors (Lipinski definition) is 5. The van der Waals surface area contributed by atoms with E-state index in [2.05, 4.69) is 27.3 Å². The molecule has 0 aliphatic heterocycles. The van der Waals surface area contributed by atoms with E-state index in [9.17, 15) is 9.59 Å². The van der Waals surface area contributed by atoms with Crippen molar-refractivity contribution >= 4 is 27.5 Å². The summed E-state index contributed by atoms with van der Waals surface area (Å²) in [6, 6.07) is 10.2. The monoisotopic (exact) mass is 424 g/mol. The molecule has 1 aliphatic carbocycles. The minimum Gasteiger partial charge on any atom is -0.354 e. The van der Waals surface area contributed by atoms with Gasteiger partial charge >= 0.3 is 0 Å². The molecule has 3 aromatic rings. The summed E-state index contributed by atoms with van der Waals surface area (Å²) in [5, 5.41) is 3.79. The maximum Gasteiger partial charge on any atom is 0.262 e. The van der Waals surface area contributed by atoms with Crippen molar-refractivity contribution in [2.45, 2.75) is 44.7 Å². The average Bonchev–Trinajstić information content (AvgIpc) is 3.13.